The maximum atomic E-state index is 11.8. The Labute approximate surface area is 104 Å². The van der Waals surface area contributed by atoms with E-state index in [1.54, 1.807) is 0 Å². The van der Waals surface area contributed by atoms with Crippen LogP contribution in [-0.2, 0) is 20.4 Å². The van der Waals surface area contributed by atoms with Crippen molar-refractivity contribution in [3.8, 4) is 0 Å². The van der Waals surface area contributed by atoms with E-state index >= 15 is 0 Å². The molecular formula is C11H20N2O3S. The molecule has 0 aromatic heterocycles. The second kappa shape index (κ2) is 6.86. The molecule has 2 unspecified atom stereocenters. The van der Waals surface area contributed by atoms with Gasteiger partial charge in [-0.3, -0.25) is 18.7 Å². The Balaban J connectivity index is 2.38. The van der Waals surface area contributed by atoms with Crippen LogP contribution in [0.25, 0.3) is 0 Å². The van der Waals surface area contributed by atoms with Crippen LogP contribution in [0.4, 0.5) is 0 Å². The van der Waals surface area contributed by atoms with Crippen LogP contribution in [0.15, 0.2) is 0 Å². The highest BCUT2D eigenvalue weighted by atomic mass is 32.2. The molecule has 1 rings (SSSR count). The third kappa shape index (κ3) is 3.89. The van der Waals surface area contributed by atoms with E-state index in [0.29, 0.717) is 24.6 Å². The maximum absolute atomic E-state index is 11.8. The Morgan fingerprint density at radius 3 is 2.71 bits per heavy atom. The number of likely N-dealkylation sites (tertiary alicyclic amines) is 1. The third-order valence-corrected chi connectivity index (χ3v) is 4.04. The molecular weight excluding hydrogens is 240 g/mol. The van der Waals surface area contributed by atoms with Crippen LogP contribution in [0, 0.1) is 0 Å². The summed E-state index contributed by atoms with van der Waals surface area (Å²) in [7, 11) is -0.831. The van der Waals surface area contributed by atoms with Gasteiger partial charge in [0.25, 0.3) is 0 Å². The lowest BCUT2D eigenvalue weighted by molar-refractivity contribution is -0.138. The van der Waals surface area contributed by atoms with E-state index in [9.17, 15) is 13.8 Å². The molecule has 1 fully saturated rings. The molecule has 2 atom stereocenters. The van der Waals surface area contributed by atoms with Crippen molar-refractivity contribution in [2.75, 3.05) is 24.6 Å². The molecule has 1 aliphatic rings. The number of amides is 2. The van der Waals surface area contributed by atoms with Gasteiger partial charge in [-0.2, -0.15) is 0 Å². The zero-order chi connectivity index (χ0) is 12.8. The van der Waals surface area contributed by atoms with E-state index in [1.165, 1.54) is 4.90 Å². The van der Waals surface area contributed by atoms with Gasteiger partial charge in [-0.1, -0.05) is 13.8 Å². The third-order valence-electron chi connectivity index (χ3n) is 2.73. The minimum absolute atomic E-state index is 0.106. The molecule has 0 radical (unpaired) electrons. The summed E-state index contributed by atoms with van der Waals surface area (Å²) in [4.78, 5) is 24.7. The van der Waals surface area contributed by atoms with Gasteiger partial charge in [-0.15, -0.1) is 0 Å². The Bertz CT molecular complexity index is 320. The fourth-order valence-corrected chi connectivity index (χ4v) is 2.43. The van der Waals surface area contributed by atoms with E-state index in [4.69, 9.17) is 0 Å². The van der Waals surface area contributed by atoms with Crippen molar-refractivity contribution in [3.05, 3.63) is 0 Å². The summed E-state index contributed by atoms with van der Waals surface area (Å²) in [5.74, 6) is 0.911. The van der Waals surface area contributed by atoms with E-state index in [0.717, 1.165) is 6.42 Å². The highest BCUT2D eigenvalue weighted by molar-refractivity contribution is 7.84. The monoisotopic (exact) mass is 260 g/mol. The predicted octanol–water partition coefficient (Wildman–Crippen LogP) is -0.118. The lowest BCUT2D eigenvalue weighted by Crippen LogP contribution is -2.40. The van der Waals surface area contributed by atoms with Crippen molar-refractivity contribution in [2.45, 2.75) is 32.7 Å². The topological polar surface area (TPSA) is 66.5 Å². The van der Waals surface area contributed by atoms with Crippen molar-refractivity contribution in [2.24, 2.45) is 0 Å². The van der Waals surface area contributed by atoms with E-state index in [-0.39, 0.29) is 18.2 Å². The van der Waals surface area contributed by atoms with Gasteiger partial charge in [0.05, 0.1) is 12.5 Å². The summed E-state index contributed by atoms with van der Waals surface area (Å²) in [6, 6.07) is -0.414. The average molecular weight is 260 g/mol. The van der Waals surface area contributed by atoms with Gasteiger partial charge in [-0.25, -0.2) is 0 Å². The van der Waals surface area contributed by atoms with Crippen LogP contribution in [0.3, 0.4) is 0 Å². The van der Waals surface area contributed by atoms with Crippen LogP contribution in [0.2, 0.25) is 0 Å². The number of nitrogens with zero attached hydrogens (tertiary/aromatic N) is 1. The first-order chi connectivity index (χ1) is 8.10. The normalized spacial score (nSPS) is 22.2. The molecule has 6 heteroatoms. The number of hydrogen-bond donors (Lipinski definition) is 1. The molecule has 0 bridgehead atoms. The smallest absolute Gasteiger partial charge is 0.246 e. The lowest BCUT2D eigenvalue weighted by atomic mass is 10.2. The molecule has 17 heavy (non-hydrogen) atoms. The molecule has 1 N–H and O–H groups in total. The summed E-state index contributed by atoms with van der Waals surface area (Å²) in [6.07, 6.45) is 1.02. The first kappa shape index (κ1) is 14.3. The molecule has 0 aromatic carbocycles. The van der Waals surface area contributed by atoms with Crippen molar-refractivity contribution >= 4 is 22.6 Å². The van der Waals surface area contributed by atoms with Gasteiger partial charge < -0.3 is 5.32 Å². The van der Waals surface area contributed by atoms with Crippen LogP contribution in [0.5, 0.6) is 0 Å². The van der Waals surface area contributed by atoms with Gasteiger partial charge in [0.15, 0.2) is 0 Å². The van der Waals surface area contributed by atoms with Gasteiger partial charge in [0.1, 0.15) is 0 Å². The number of hydrogen-bond acceptors (Lipinski definition) is 4. The number of rotatable bonds is 7. The molecule has 0 aliphatic carbocycles. The molecule has 0 saturated carbocycles. The molecule has 2 amide bonds. The highest BCUT2D eigenvalue weighted by Gasteiger charge is 2.37. The lowest BCUT2D eigenvalue weighted by Gasteiger charge is -2.14. The first-order valence-electron chi connectivity index (χ1n) is 6.02. The summed E-state index contributed by atoms with van der Waals surface area (Å²) >= 11 is 0. The number of nitrogens with one attached hydrogen (secondary N) is 1. The van der Waals surface area contributed by atoms with E-state index in [1.807, 2.05) is 13.8 Å². The van der Waals surface area contributed by atoms with Crippen LogP contribution in [-0.4, -0.2) is 51.6 Å². The highest BCUT2D eigenvalue weighted by Crippen LogP contribution is 2.13. The second-order valence-electron chi connectivity index (χ2n) is 4.03. The van der Waals surface area contributed by atoms with Crippen molar-refractivity contribution < 1.29 is 13.8 Å². The Kier molecular flexibility index (Phi) is 5.77. The molecule has 0 aromatic rings. The summed E-state index contributed by atoms with van der Waals surface area (Å²) < 4.78 is 11.2. The minimum Gasteiger partial charge on any atom is -0.305 e. The summed E-state index contributed by atoms with van der Waals surface area (Å²) in [5, 5.41) is 3.01. The number of carbonyl (C=O) groups excluding carboxylic acids is 2. The van der Waals surface area contributed by atoms with Gasteiger partial charge in [0, 0.05) is 35.4 Å². The number of imide groups is 1. The largest absolute Gasteiger partial charge is 0.305 e. The molecule has 0 spiro atoms. The van der Waals surface area contributed by atoms with Crippen LogP contribution in [0.1, 0.15) is 26.7 Å². The maximum Gasteiger partial charge on any atom is 0.246 e. The first-order valence-corrected chi connectivity index (χ1v) is 7.51. The Hall–Kier alpha value is -0.750. The second-order valence-corrected chi connectivity index (χ2v) is 5.89. The Morgan fingerprint density at radius 2 is 2.12 bits per heavy atom. The fraction of sp³-hybridized carbons (Fsp3) is 0.818. The zero-order valence-electron chi connectivity index (χ0n) is 10.4. The predicted molar refractivity (Wildman–Crippen MR) is 67.0 cm³/mol. The van der Waals surface area contributed by atoms with E-state index < -0.39 is 16.8 Å². The quantitative estimate of drug-likeness (QED) is 0.648. The summed E-state index contributed by atoms with van der Waals surface area (Å²) in [6.45, 7) is 4.82. The van der Waals surface area contributed by atoms with Gasteiger partial charge in [-0.05, 0) is 6.42 Å². The van der Waals surface area contributed by atoms with Crippen LogP contribution < -0.4 is 5.32 Å². The molecule has 1 aliphatic heterocycles. The van der Waals surface area contributed by atoms with E-state index in [2.05, 4.69) is 5.32 Å². The van der Waals surface area contributed by atoms with Crippen molar-refractivity contribution in [1.29, 1.82) is 0 Å². The SMILES string of the molecule is CCCN1C(=O)CC(NCCS(=O)CC)C1=O. The molecule has 98 valence electrons. The van der Waals surface area contributed by atoms with Gasteiger partial charge >= 0.3 is 0 Å². The van der Waals surface area contributed by atoms with Gasteiger partial charge in [0.2, 0.25) is 11.8 Å². The molecule has 5 nitrogen and oxygen atoms in total. The van der Waals surface area contributed by atoms with Crippen molar-refractivity contribution in [3.63, 3.8) is 0 Å². The Morgan fingerprint density at radius 1 is 1.41 bits per heavy atom. The minimum atomic E-state index is -0.831. The number of carbonyl (C=O) groups is 2. The molecule has 1 heterocycles. The fourth-order valence-electron chi connectivity index (χ4n) is 1.79. The zero-order valence-corrected chi connectivity index (χ0v) is 11.2. The van der Waals surface area contributed by atoms with Crippen LogP contribution >= 0.6 is 0 Å². The summed E-state index contributed by atoms with van der Waals surface area (Å²) in [5.41, 5.74) is 0. The van der Waals surface area contributed by atoms with Crippen molar-refractivity contribution in [1.82, 2.24) is 10.2 Å². The molecule has 1 saturated heterocycles. The average Bonchev–Trinajstić information content (AvgIpc) is 2.57. The standard InChI is InChI=1S/C11H20N2O3S/c1-3-6-13-10(14)8-9(11(13)15)12-5-7-17(16)4-2/h9,12H,3-8H2,1-2H3.